The van der Waals surface area contributed by atoms with E-state index in [1.165, 1.54) is 12.1 Å². The van der Waals surface area contributed by atoms with E-state index < -0.39 is 35.8 Å². The molecule has 2 aromatic rings. The maximum Gasteiger partial charge on any atom is 0.340 e. The Labute approximate surface area is 180 Å². The van der Waals surface area contributed by atoms with Crippen LogP contribution >= 0.6 is 0 Å². The standard InChI is InChI=1S/C24H27F3O4/c1-3-4-13-29-19-12-10-18(22(25)21(19)23(26)27)16-7-11-20(30-14-16)24(28)31-17-8-5-15(2)6-9-17/h5-6,8-10,12,16,20,23H,3-4,7,11,13-14H2,1-2H3. The second kappa shape index (κ2) is 10.7. The number of ether oxygens (including phenoxy) is 3. The Hall–Kier alpha value is -2.54. The highest BCUT2D eigenvalue weighted by Gasteiger charge is 2.32. The van der Waals surface area contributed by atoms with Gasteiger partial charge >= 0.3 is 5.97 Å². The summed E-state index contributed by atoms with van der Waals surface area (Å²) in [6.45, 7) is 4.18. The van der Waals surface area contributed by atoms with Crippen molar-refractivity contribution in [2.75, 3.05) is 13.2 Å². The molecule has 0 saturated carbocycles. The van der Waals surface area contributed by atoms with Gasteiger partial charge in [0.05, 0.1) is 18.8 Å². The van der Waals surface area contributed by atoms with Crippen LogP contribution in [0.5, 0.6) is 11.5 Å². The molecular formula is C24H27F3O4. The molecule has 1 aliphatic heterocycles. The molecule has 1 heterocycles. The van der Waals surface area contributed by atoms with Gasteiger partial charge in [0, 0.05) is 5.92 Å². The average Bonchev–Trinajstić information content (AvgIpc) is 2.75. The van der Waals surface area contributed by atoms with Gasteiger partial charge in [-0.1, -0.05) is 37.1 Å². The number of unbranched alkanes of at least 4 members (excludes halogenated alkanes) is 1. The van der Waals surface area contributed by atoms with E-state index in [1.807, 2.05) is 26.0 Å². The molecule has 3 rings (SSSR count). The van der Waals surface area contributed by atoms with Crippen LogP contribution in [0.3, 0.4) is 0 Å². The molecule has 168 valence electrons. The number of carbonyl (C=O) groups excluding carboxylic acids is 1. The van der Waals surface area contributed by atoms with Crippen molar-refractivity contribution in [2.45, 2.75) is 58.0 Å². The highest BCUT2D eigenvalue weighted by Crippen LogP contribution is 2.38. The summed E-state index contributed by atoms with van der Waals surface area (Å²) in [7, 11) is 0. The fourth-order valence-electron chi connectivity index (χ4n) is 3.53. The van der Waals surface area contributed by atoms with Gasteiger partial charge in [-0.3, -0.25) is 0 Å². The third-order valence-corrected chi connectivity index (χ3v) is 5.36. The third-order valence-electron chi connectivity index (χ3n) is 5.36. The first-order chi connectivity index (χ1) is 14.9. The second-order valence-corrected chi connectivity index (χ2v) is 7.71. The lowest BCUT2D eigenvalue weighted by atomic mass is 9.89. The molecule has 2 unspecified atom stereocenters. The SMILES string of the molecule is CCCCOc1ccc(C2CCC(C(=O)Oc3ccc(C)cc3)OC2)c(F)c1C(F)F. The Morgan fingerprint density at radius 3 is 2.52 bits per heavy atom. The summed E-state index contributed by atoms with van der Waals surface area (Å²) in [5.41, 5.74) is 0.488. The molecule has 2 aromatic carbocycles. The highest BCUT2D eigenvalue weighted by atomic mass is 19.3. The minimum atomic E-state index is -2.99. The zero-order valence-corrected chi connectivity index (χ0v) is 17.7. The average molecular weight is 436 g/mol. The van der Waals surface area contributed by atoms with Crippen LogP contribution in [-0.4, -0.2) is 25.3 Å². The van der Waals surface area contributed by atoms with Gasteiger partial charge in [0.15, 0.2) is 6.10 Å². The van der Waals surface area contributed by atoms with Gasteiger partial charge in [-0.2, -0.15) is 0 Å². The Bertz CT molecular complexity index is 875. The van der Waals surface area contributed by atoms with Gasteiger partial charge < -0.3 is 14.2 Å². The van der Waals surface area contributed by atoms with Crippen LogP contribution in [0.2, 0.25) is 0 Å². The lowest BCUT2D eigenvalue weighted by molar-refractivity contribution is -0.150. The number of carbonyl (C=O) groups is 1. The van der Waals surface area contributed by atoms with Crippen molar-refractivity contribution in [2.24, 2.45) is 0 Å². The second-order valence-electron chi connectivity index (χ2n) is 7.71. The Morgan fingerprint density at radius 2 is 1.90 bits per heavy atom. The largest absolute Gasteiger partial charge is 0.493 e. The van der Waals surface area contributed by atoms with Crippen LogP contribution in [0.4, 0.5) is 13.2 Å². The predicted octanol–water partition coefficient (Wildman–Crippen LogP) is 6.12. The molecule has 0 bridgehead atoms. The van der Waals surface area contributed by atoms with E-state index in [1.54, 1.807) is 12.1 Å². The van der Waals surface area contributed by atoms with E-state index in [0.717, 1.165) is 12.0 Å². The van der Waals surface area contributed by atoms with Crippen molar-refractivity contribution >= 4 is 5.97 Å². The number of rotatable bonds is 8. The maximum absolute atomic E-state index is 14.9. The highest BCUT2D eigenvalue weighted by molar-refractivity contribution is 5.77. The first kappa shape index (κ1) is 23.1. The van der Waals surface area contributed by atoms with Gasteiger partial charge in [0.2, 0.25) is 0 Å². The van der Waals surface area contributed by atoms with Crippen LogP contribution in [0.15, 0.2) is 36.4 Å². The molecule has 0 aromatic heterocycles. The molecule has 0 N–H and O–H groups in total. The molecule has 0 amide bonds. The van der Waals surface area contributed by atoms with Crippen LogP contribution < -0.4 is 9.47 Å². The number of aryl methyl sites for hydroxylation is 1. The summed E-state index contributed by atoms with van der Waals surface area (Å²) in [5.74, 6) is -1.60. The Kier molecular flexibility index (Phi) is 7.96. The molecule has 1 aliphatic rings. The first-order valence-corrected chi connectivity index (χ1v) is 10.5. The van der Waals surface area contributed by atoms with Crippen molar-refractivity contribution in [3.05, 3.63) is 58.9 Å². The molecule has 2 atom stereocenters. The fourth-order valence-corrected chi connectivity index (χ4v) is 3.53. The van der Waals surface area contributed by atoms with Crippen LogP contribution in [0, 0.1) is 12.7 Å². The summed E-state index contributed by atoms with van der Waals surface area (Å²) in [4.78, 5) is 12.3. The maximum atomic E-state index is 14.9. The molecular weight excluding hydrogens is 409 g/mol. The lowest BCUT2D eigenvalue weighted by Crippen LogP contribution is -2.34. The zero-order chi connectivity index (χ0) is 22.4. The van der Waals surface area contributed by atoms with Crippen molar-refractivity contribution in [3.8, 4) is 11.5 Å². The topological polar surface area (TPSA) is 44.8 Å². The third kappa shape index (κ3) is 5.79. The summed E-state index contributed by atoms with van der Waals surface area (Å²) >= 11 is 0. The molecule has 1 saturated heterocycles. The predicted molar refractivity (Wildman–Crippen MR) is 110 cm³/mol. The van der Waals surface area contributed by atoms with E-state index >= 15 is 0 Å². The first-order valence-electron chi connectivity index (χ1n) is 10.5. The van der Waals surface area contributed by atoms with Gasteiger partial charge in [0.1, 0.15) is 17.3 Å². The Balaban J connectivity index is 1.65. The normalized spacial score (nSPS) is 18.8. The fraction of sp³-hybridized carbons (Fsp3) is 0.458. The van der Waals surface area contributed by atoms with Gasteiger partial charge in [0.25, 0.3) is 6.43 Å². The van der Waals surface area contributed by atoms with Crippen molar-refractivity contribution in [1.29, 1.82) is 0 Å². The van der Waals surface area contributed by atoms with Gasteiger partial charge in [-0.15, -0.1) is 0 Å². The number of benzene rings is 2. The van der Waals surface area contributed by atoms with Crippen molar-refractivity contribution in [1.82, 2.24) is 0 Å². The number of hydrogen-bond acceptors (Lipinski definition) is 4. The molecule has 0 aliphatic carbocycles. The van der Waals surface area contributed by atoms with Crippen molar-refractivity contribution in [3.63, 3.8) is 0 Å². The lowest BCUT2D eigenvalue weighted by Gasteiger charge is -2.29. The molecule has 7 heteroatoms. The van der Waals surface area contributed by atoms with Crippen LogP contribution in [0.25, 0.3) is 0 Å². The summed E-state index contributed by atoms with van der Waals surface area (Å²) in [6.07, 6.45) is -1.48. The number of alkyl halides is 2. The summed E-state index contributed by atoms with van der Waals surface area (Å²) in [5, 5.41) is 0. The smallest absolute Gasteiger partial charge is 0.340 e. The quantitative estimate of drug-likeness (QED) is 0.284. The number of hydrogen-bond donors (Lipinski definition) is 0. The molecule has 4 nitrogen and oxygen atoms in total. The molecule has 0 radical (unpaired) electrons. The van der Waals surface area contributed by atoms with E-state index in [-0.39, 0.29) is 24.5 Å². The van der Waals surface area contributed by atoms with Crippen molar-refractivity contribution < 1.29 is 32.2 Å². The minimum absolute atomic E-state index is 0.0449. The summed E-state index contributed by atoms with van der Waals surface area (Å²) < 4.78 is 58.3. The van der Waals surface area contributed by atoms with E-state index in [0.29, 0.717) is 25.0 Å². The van der Waals surface area contributed by atoms with Gasteiger partial charge in [-0.05, 0) is 49.9 Å². The van der Waals surface area contributed by atoms with E-state index in [4.69, 9.17) is 14.2 Å². The van der Waals surface area contributed by atoms with Crippen LogP contribution in [0.1, 0.15) is 61.6 Å². The molecule has 0 spiro atoms. The van der Waals surface area contributed by atoms with E-state index in [9.17, 15) is 18.0 Å². The monoisotopic (exact) mass is 436 g/mol. The Morgan fingerprint density at radius 1 is 1.16 bits per heavy atom. The van der Waals surface area contributed by atoms with Crippen LogP contribution in [-0.2, 0) is 9.53 Å². The number of halogens is 3. The molecule has 1 fully saturated rings. The van der Waals surface area contributed by atoms with Gasteiger partial charge in [-0.25, -0.2) is 18.0 Å². The zero-order valence-electron chi connectivity index (χ0n) is 17.7. The van der Waals surface area contributed by atoms with E-state index in [2.05, 4.69) is 0 Å². The number of esters is 1. The molecule has 31 heavy (non-hydrogen) atoms. The summed E-state index contributed by atoms with van der Waals surface area (Å²) in [6, 6.07) is 9.93. The minimum Gasteiger partial charge on any atom is -0.493 e.